The highest BCUT2D eigenvalue weighted by Crippen LogP contribution is 2.35. The van der Waals surface area contributed by atoms with Crippen molar-refractivity contribution < 1.29 is 9.53 Å². The molecule has 0 N–H and O–H groups in total. The molecule has 20 heavy (non-hydrogen) atoms. The Kier molecular flexibility index (Phi) is 4.97. The van der Waals surface area contributed by atoms with Crippen molar-refractivity contribution in [3.63, 3.8) is 0 Å². The number of carbonyl (C=O) groups excluding carboxylic acids is 1. The Morgan fingerprint density at radius 1 is 1.35 bits per heavy atom. The Morgan fingerprint density at radius 2 is 2.05 bits per heavy atom. The van der Waals surface area contributed by atoms with Crippen LogP contribution in [0.1, 0.15) is 57.8 Å². The van der Waals surface area contributed by atoms with Crippen molar-refractivity contribution >= 4 is 5.78 Å². The van der Waals surface area contributed by atoms with Crippen molar-refractivity contribution in [3.05, 3.63) is 17.5 Å². The lowest BCUT2D eigenvalue weighted by atomic mass is 9.92. The zero-order chi connectivity index (χ0) is 14.6. The molecule has 4 nitrogen and oxygen atoms in total. The summed E-state index contributed by atoms with van der Waals surface area (Å²) in [6.45, 7) is 7.54. The van der Waals surface area contributed by atoms with Gasteiger partial charge in [-0.1, -0.05) is 6.92 Å². The van der Waals surface area contributed by atoms with E-state index in [2.05, 4.69) is 25.0 Å². The van der Waals surface area contributed by atoms with E-state index in [1.165, 1.54) is 0 Å². The summed E-state index contributed by atoms with van der Waals surface area (Å²) in [7, 11) is 0. The van der Waals surface area contributed by atoms with Crippen LogP contribution >= 0.6 is 0 Å². The Morgan fingerprint density at radius 3 is 2.60 bits per heavy atom. The third kappa shape index (κ3) is 2.95. The van der Waals surface area contributed by atoms with Gasteiger partial charge in [-0.2, -0.15) is 5.10 Å². The highest BCUT2D eigenvalue weighted by Gasteiger charge is 2.41. The first-order valence-corrected chi connectivity index (χ1v) is 7.88. The summed E-state index contributed by atoms with van der Waals surface area (Å²) >= 11 is 0. The maximum atomic E-state index is 12.7. The summed E-state index contributed by atoms with van der Waals surface area (Å²) in [4.78, 5) is 12.7. The largest absolute Gasteiger partial charge is 0.367 e. The van der Waals surface area contributed by atoms with Crippen molar-refractivity contribution in [2.75, 3.05) is 6.61 Å². The topological polar surface area (TPSA) is 44.1 Å². The smallest absolute Gasteiger partial charge is 0.170 e. The number of aromatic nitrogens is 2. The van der Waals surface area contributed by atoms with Crippen LogP contribution in [0.2, 0.25) is 0 Å². The van der Waals surface area contributed by atoms with E-state index in [9.17, 15) is 4.79 Å². The molecule has 2 rings (SSSR count). The second-order valence-corrected chi connectivity index (χ2v) is 5.53. The van der Waals surface area contributed by atoms with Gasteiger partial charge in [0.1, 0.15) is 5.60 Å². The highest BCUT2D eigenvalue weighted by molar-refractivity contribution is 5.89. The van der Waals surface area contributed by atoms with Crippen LogP contribution in [0.25, 0.3) is 0 Å². The predicted octanol–water partition coefficient (Wildman–Crippen LogP) is 2.93. The fourth-order valence-corrected chi connectivity index (χ4v) is 3.16. The molecule has 1 aromatic rings. The molecular formula is C16H26N2O2. The van der Waals surface area contributed by atoms with Gasteiger partial charge in [-0.25, -0.2) is 0 Å². The van der Waals surface area contributed by atoms with E-state index in [0.717, 1.165) is 50.0 Å². The minimum Gasteiger partial charge on any atom is -0.367 e. The predicted molar refractivity (Wildman–Crippen MR) is 78.8 cm³/mol. The van der Waals surface area contributed by atoms with Gasteiger partial charge in [0.05, 0.1) is 12.1 Å². The van der Waals surface area contributed by atoms with Crippen LogP contribution in [-0.2, 0) is 28.9 Å². The number of hydrogen-bond acceptors (Lipinski definition) is 3. The van der Waals surface area contributed by atoms with Crippen molar-refractivity contribution in [1.29, 1.82) is 0 Å². The van der Waals surface area contributed by atoms with Crippen LogP contribution in [-0.4, -0.2) is 27.8 Å². The van der Waals surface area contributed by atoms with E-state index < -0.39 is 5.60 Å². The monoisotopic (exact) mass is 278 g/mol. The zero-order valence-electron chi connectivity index (χ0n) is 12.9. The average Bonchev–Trinajstić information content (AvgIpc) is 3.06. The molecule has 1 heterocycles. The maximum absolute atomic E-state index is 12.7. The minimum atomic E-state index is -0.524. The van der Waals surface area contributed by atoms with Gasteiger partial charge >= 0.3 is 0 Å². The molecule has 0 aromatic carbocycles. The Hall–Kier alpha value is -1.16. The SMILES string of the molecule is CCOC1(C(=O)Cc2cc(CC)nn2CC)CCCC1. The fraction of sp³-hybridized carbons (Fsp3) is 0.750. The van der Waals surface area contributed by atoms with E-state index >= 15 is 0 Å². The van der Waals surface area contributed by atoms with E-state index in [0.29, 0.717) is 13.0 Å². The molecule has 0 bridgehead atoms. The summed E-state index contributed by atoms with van der Waals surface area (Å²) in [6, 6.07) is 2.07. The van der Waals surface area contributed by atoms with Crippen LogP contribution in [0, 0.1) is 0 Å². The highest BCUT2D eigenvalue weighted by atomic mass is 16.5. The summed E-state index contributed by atoms with van der Waals surface area (Å²) in [5.41, 5.74) is 1.57. The van der Waals surface area contributed by atoms with E-state index in [4.69, 9.17) is 4.74 Å². The van der Waals surface area contributed by atoms with Gasteiger partial charge in [0, 0.05) is 18.8 Å². The van der Waals surface area contributed by atoms with E-state index in [1.54, 1.807) is 0 Å². The van der Waals surface area contributed by atoms with Crippen molar-refractivity contribution in [2.45, 2.75) is 71.4 Å². The molecule has 0 amide bonds. The molecule has 0 radical (unpaired) electrons. The molecule has 0 unspecified atom stereocenters. The standard InChI is InChI=1S/C16H26N2O2/c1-4-13-11-14(18(5-2)17-13)12-15(19)16(20-6-3)9-7-8-10-16/h11H,4-10,12H2,1-3H3. The molecule has 1 saturated carbocycles. The molecule has 0 atom stereocenters. The lowest BCUT2D eigenvalue weighted by molar-refractivity contribution is -0.143. The number of ketones is 1. The Labute approximate surface area is 121 Å². The molecule has 1 aliphatic rings. The van der Waals surface area contributed by atoms with Crippen LogP contribution in [0.4, 0.5) is 0 Å². The number of nitrogens with zero attached hydrogens (tertiary/aromatic N) is 2. The van der Waals surface area contributed by atoms with Gasteiger partial charge in [-0.05, 0) is 52.0 Å². The van der Waals surface area contributed by atoms with Crippen LogP contribution in [0.5, 0.6) is 0 Å². The molecule has 1 aromatic heterocycles. The van der Waals surface area contributed by atoms with E-state index in [1.807, 2.05) is 11.6 Å². The number of rotatable bonds is 7. The van der Waals surface area contributed by atoms with Crippen molar-refractivity contribution in [2.24, 2.45) is 0 Å². The van der Waals surface area contributed by atoms with Crippen LogP contribution < -0.4 is 0 Å². The van der Waals surface area contributed by atoms with E-state index in [-0.39, 0.29) is 5.78 Å². The van der Waals surface area contributed by atoms with Gasteiger partial charge in [-0.3, -0.25) is 9.48 Å². The Balaban J connectivity index is 2.15. The van der Waals surface area contributed by atoms with Crippen LogP contribution in [0.15, 0.2) is 6.07 Å². The van der Waals surface area contributed by atoms with Crippen LogP contribution in [0.3, 0.4) is 0 Å². The first-order chi connectivity index (χ1) is 9.65. The summed E-state index contributed by atoms with van der Waals surface area (Å²) in [6.07, 6.45) is 5.30. The van der Waals surface area contributed by atoms with Crippen molar-refractivity contribution in [3.8, 4) is 0 Å². The molecule has 1 fully saturated rings. The van der Waals surface area contributed by atoms with Gasteiger partial charge in [-0.15, -0.1) is 0 Å². The third-order valence-electron chi connectivity index (χ3n) is 4.26. The summed E-state index contributed by atoms with van der Waals surface area (Å²) < 4.78 is 7.80. The average molecular weight is 278 g/mol. The maximum Gasteiger partial charge on any atom is 0.170 e. The lowest BCUT2D eigenvalue weighted by Crippen LogP contribution is -2.40. The summed E-state index contributed by atoms with van der Waals surface area (Å²) in [5.74, 6) is 0.231. The number of aryl methyl sites for hydroxylation is 2. The lowest BCUT2D eigenvalue weighted by Gasteiger charge is -2.27. The molecular weight excluding hydrogens is 252 g/mol. The first kappa shape index (κ1) is 15.2. The second-order valence-electron chi connectivity index (χ2n) is 5.53. The number of ether oxygens (including phenoxy) is 1. The minimum absolute atomic E-state index is 0.231. The molecule has 112 valence electrons. The molecule has 0 aliphatic heterocycles. The number of carbonyl (C=O) groups is 1. The molecule has 1 aliphatic carbocycles. The second kappa shape index (κ2) is 6.53. The molecule has 0 saturated heterocycles. The van der Waals surface area contributed by atoms with Gasteiger partial charge in [0.25, 0.3) is 0 Å². The quantitative estimate of drug-likeness (QED) is 0.770. The normalized spacial score (nSPS) is 17.6. The summed E-state index contributed by atoms with van der Waals surface area (Å²) in [5, 5.41) is 4.52. The third-order valence-corrected chi connectivity index (χ3v) is 4.26. The van der Waals surface area contributed by atoms with Crippen molar-refractivity contribution in [1.82, 2.24) is 9.78 Å². The molecule has 4 heteroatoms. The van der Waals surface area contributed by atoms with Gasteiger partial charge in [0.15, 0.2) is 5.78 Å². The molecule has 0 spiro atoms. The van der Waals surface area contributed by atoms with Gasteiger partial charge in [0.2, 0.25) is 0 Å². The van der Waals surface area contributed by atoms with Gasteiger partial charge < -0.3 is 4.74 Å². The number of Topliss-reactive ketones (excluding diaryl/α,β-unsaturated/α-hetero) is 1. The fourth-order valence-electron chi connectivity index (χ4n) is 3.16. The number of hydrogen-bond donors (Lipinski definition) is 0. The zero-order valence-corrected chi connectivity index (χ0v) is 12.9. The first-order valence-electron chi connectivity index (χ1n) is 7.88. The Bertz CT molecular complexity index is 459.